The molecular formula is C18H25N5O2. The second kappa shape index (κ2) is 5.92. The van der Waals surface area contributed by atoms with Gasteiger partial charge in [-0.15, -0.1) is 10.2 Å². The lowest BCUT2D eigenvalue weighted by Crippen LogP contribution is -2.36. The molecule has 1 saturated carbocycles. The Morgan fingerprint density at radius 1 is 1.28 bits per heavy atom. The van der Waals surface area contributed by atoms with Gasteiger partial charge in [0.05, 0.1) is 30.4 Å². The highest BCUT2D eigenvalue weighted by Crippen LogP contribution is 2.43. The number of hydrogen-bond donors (Lipinski definition) is 0. The van der Waals surface area contributed by atoms with Crippen LogP contribution in [0.2, 0.25) is 0 Å². The van der Waals surface area contributed by atoms with Gasteiger partial charge in [0.25, 0.3) is 0 Å². The first-order valence-corrected chi connectivity index (χ1v) is 9.38. The van der Waals surface area contributed by atoms with Gasteiger partial charge >= 0.3 is 0 Å². The summed E-state index contributed by atoms with van der Waals surface area (Å²) in [5.74, 6) is 1.81. The van der Waals surface area contributed by atoms with Crippen molar-refractivity contribution in [3.8, 4) is 0 Å². The molecule has 4 heterocycles. The van der Waals surface area contributed by atoms with Crippen LogP contribution in [0.1, 0.15) is 49.2 Å². The Morgan fingerprint density at radius 2 is 2.16 bits per heavy atom. The van der Waals surface area contributed by atoms with E-state index < -0.39 is 0 Å². The van der Waals surface area contributed by atoms with Crippen LogP contribution in [0.5, 0.6) is 0 Å². The van der Waals surface area contributed by atoms with E-state index in [-0.39, 0.29) is 5.41 Å². The fourth-order valence-corrected chi connectivity index (χ4v) is 4.93. The lowest BCUT2D eigenvalue weighted by Gasteiger charge is -2.23. The van der Waals surface area contributed by atoms with Crippen LogP contribution in [0.4, 0.5) is 0 Å². The van der Waals surface area contributed by atoms with Crippen molar-refractivity contribution in [1.29, 1.82) is 0 Å². The Hall–Kier alpha value is -1.73. The van der Waals surface area contributed by atoms with E-state index >= 15 is 0 Å². The molecule has 7 nitrogen and oxygen atoms in total. The number of nitrogens with zero attached hydrogens (tertiary/aromatic N) is 5. The van der Waals surface area contributed by atoms with E-state index in [1.807, 2.05) is 13.1 Å². The molecule has 2 aliphatic heterocycles. The monoisotopic (exact) mass is 343 g/mol. The van der Waals surface area contributed by atoms with Crippen LogP contribution in [0.15, 0.2) is 16.7 Å². The number of rotatable bonds is 4. The maximum Gasteiger partial charge on any atom is 0.226 e. The summed E-state index contributed by atoms with van der Waals surface area (Å²) in [4.78, 5) is 2.51. The second-order valence-electron chi connectivity index (χ2n) is 7.87. The first-order valence-electron chi connectivity index (χ1n) is 9.38. The van der Waals surface area contributed by atoms with Crippen molar-refractivity contribution in [2.24, 2.45) is 5.92 Å². The van der Waals surface area contributed by atoms with Gasteiger partial charge in [0.2, 0.25) is 11.8 Å². The van der Waals surface area contributed by atoms with Crippen molar-refractivity contribution in [2.75, 3.05) is 26.3 Å². The van der Waals surface area contributed by atoms with Crippen LogP contribution in [-0.4, -0.2) is 51.2 Å². The van der Waals surface area contributed by atoms with Crippen LogP contribution in [-0.2, 0) is 16.7 Å². The summed E-state index contributed by atoms with van der Waals surface area (Å²) in [7, 11) is 0. The maximum absolute atomic E-state index is 5.81. The van der Waals surface area contributed by atoms with E-state index in [0.717, 1.165) is 32.1 Å². The molecule has 2 atom stereocenters. The Kier molecular flexibility index (Phi) is 3.67. The van der Waals surface area contributed by atoms with Gasteiger partial charge in [0.15, 0.2) is 0 Å². The van der Waals surface area contributed by atoms with Crippen molar-refractivity contribution in [3.05, 3.63) is 29.7 Å². The minimum atomic E-state index is -0.139. The highest BCUT2D eigenvalue weighted by Gasteiger charge is 2.55. The topological polar surface area (TPSA) is 69.2 Å². The van der Waals surface area contributed by atoms with Gasteiger partial charge in [-0.25, -0.2) is 0 Å². The number of aromatic nitrogens is 4. The molecule has 1 aliphatic carbocycles. The molecule has 0 N–H and O–H groups in total. The van der Waals surface area contributed by atoms with Crippen LogP contribution in [0, 0.1) is 12.8 Å². The smallest absolute Gasteiger partial charge is 0.226 e. The predicted molar refractivity (Wildman–Crippen MR) is 90.0 cm³/mol. The minimum Gasteiger partial charge on any atom is -0.425 e. The molecule has 3 aliphatic rings. The van der Waals surface area contributed by atoms with Crippen LogP contribution >= 0.6 is 0 Å². The fourth-order valence-electron chi connectivity index (χ4n) is 4.93. The third-order valence-electron chi connectivity index (χ3n) is 6.20. The summed E-state index contributed by atoms with van der Waals surface area (Å²) in [5.41, 5.74) is 1.18. The summed E-state index contributed by atoms with van der Waals surface area (Å²) >= 11 is 0. The van der Waals surface area contributed by atoms with E-state index in [9.17, 15) is 0 Å². The summed E-state index contributed by atoms with van der Waals surface area (Å²) < 4.78 is 13.9. The first kappa shape index (κ1) is 15.5. The van der Waals surface area contributed by atoms with Crippen molar-refractivity contribution >= 4 is 0 Å². The van der Waals surface area contributed by atoms with E-state index in [1.165, 1.54) is 31.4 Å². The molecule has 2 aromatic rings. The number of fused-ring (bicyclic) bond motifs is 1. The molecule has 2 aromatic heterocycles. The van der Waals surface area contributed by atoms with Gasteiger partial charge in [-0.1, -0.05) is 12.8 Å². The Labute approximate surface area is 147 Å². The molecule has 3 fully saturated rings. The van der Waals surface area contributed by atoms with Gasteiger partial charge in [0, 0.05) is 38.7 Å². The van der Waals surface area contributed by atoms with Crippen molar-refractivity contribution in [3.63, 3.8) is 0 Å². The number of aryl methyl sites for hydroxylation is 1. The molecule has 5 rings (SSSR count). The highest BCUT2D eigenvalue weighted by atomic mass is 16.5. The minimum absolute atomic E-state index is 0.139. The van der Waals surface area contributed by atoms with Gasteiger partial charge in [-0.3, -0.25) is 9.58 Å². The number of ether oxygens (including phenoxy) is 1. The quantitative estimate of drug-likeness (QED) is 0.847. The van der Waals surface area contributed by atoms with E-state index in [1.54, 1.807) is 0 Å². The lowest BCUT2D eigenvalue weighted by molar-refractivity contribution is 0.139. The molecule has 0 amide bonds. The van der Waals surface area contributed by atoms with E-state index in [4.69, 9.17) is 9.15 Å². The second-order valence-corrected chi connectivity index (χ2v) is 7.87. The van der Waals surface area contributed by atoms with Crippen molar-refractivity contribution in [1.82, 2.24) is 24.9 Å². The van der Waals surface area contributed by atoms with Gasteiger partial charge in [-0.2, -0.15) is 5.10 Å². The average molecular weight is 343 g/mol. The van der Waals surface area contributed by atoms with Gasteiger partial charge in [-0.05, 0) is 18.9 Å². The molecule has 0 radical (unpaired) electrons. The zero-order valence-electron chi connectivity index (χ0n) is 14.7. The van der Waals surface area contributed by atoms with Crippen molar-refractivity contribution in [2.45, 2.75) is 50.6 Å². The molecule has 0 aromatic carbocycles. The third-order valence-corrected chi connectivity index (χ3v) is 6.20. The normalized spacial score (nSPS) is 30.4. The number of likely N-dealkylation sites (tertiary alicyclic amines) is 1. The van der Waals surface area contributed by atoms with Crippen molar-refractivity contribution < 1.29 is 9.15 Å². The summed E-state index contributed by atoms with van der Waals surface area (Å²) in [5, 5.41) is 13.0. The van der Waals surface area contributed by atoms with Gasteiger partial charge < -0.3 is 9.15 Å². The van der Waals surface area contributed by atoms with Gasteiger partial charge in [0.1, 0.15) is 0 Å². The highest BCUT2D eigenvalue weighted by molar-refractivity contribution is 5.17. The van der Waals surface area contributed by atoms with Crippen LogP contribution in [0.3, 0.4) is 0 Å². The largest absolute Gasteiger partial charge is 0.425 e. The molecule has 25 heavy (non-hydrogen) atoms. The van der Waals surface area contributed by atoms with E-state index in [2.05, 4.69) is 30.9 Å². The Morgan fingerprint density at radius 3 is 2.96 bits per heavy atom. The zero-order valence-corrected chi connectivity index (χ0v) is 14.7. The molecule has 0 unspecified atom stereocenters. The molecule has 0 bridgehead atoms. The maximum atomic E-state index is 5.81. The SMILES string of the molecule is Cc1nnc([C@@]23COC[C@@H]2CN(Cc2ccnn2C2CCCC2)C3)o1. The van der Waals surface area contributed by atoms with Crippen LogP contribution < -0.4 is 0 Å². The predicted octanol–water partition coefficient (Wildman–Crippen LogP) is 2.09. The fraction of sp³-hybridized carbons (Fsp3) is 0.722. The Balaban J connectivity index is 1.36. The summed E-state index contributed by atoms with van der Waals surface area (Å²) in [6.45, 7) is 6.16. The lowest BCUT2D eigenvalue weighted by atomic mass is 9.81. The first-order chi connectivity index (χ1) is 12.2. The standard InChI is InChI=1S/C18H25N5O2/c1-13-20-21-17(25-13)18-11-22(8-14(18)10-24-12-18)9-16-6-7-19-23(16)15-4-2-3-5-15/h6-7,14-15H,2-5,8-12H2,1H3/t14-,18-/m0/s1. The third kappa shape index (κ3) is 2.52. The zero-order chi connectivity index (χ0) is 16.9. The molecule has 2 saturated heterocycles. The molecular weight excluding hydrogens is 318 g/mol. The average Bonchev–Trinajstić information content (AvgIpc) is 3.36. The van der Waals surface area contributed by atoms with E-state index in [0.29, 0.717) is 24.5 Å². The number of hydrogen-bond acceptors (Lipinski definition) is 6. The van der Waals surface area contributed by atoms with Crippen LogP contribution in [0.25, 0.3) is 0 Å². The molecule has 7 heteroatoms. The summed E-state index contributed by atoms with van der Waals surface area (Å²) in [6.07, 6.45) is 7.12. The molecule has 134 valence electrons. The molecule has 0 spiro atoms. The summed E-state index contributed by atoms with van der Waals surface area (Å²) in [6, 6.07) is 2.76. The Bertz CT molecular complexity index is 750.